The monoisotopic (exact) mass is 233 g/mol. The molecule has 1 aromatic heterocycles. The predicted molar refractivity (Wildman–Crippen MR) is 63.9 cm³/mol. The lowest BCUT2D eigenvalue weighted by atomic mass is 10.1. The number of carboxylic acids is 1. The Kier molecular flexibility index (Phi) is 3.08. The van der Waals surface area contributed by atoms with E-state index in [0.717, 1.165) is 6.42 Å². The van der Waals surface area contributed by atoms with Gasteiger partial charge in [0.1, 0.15) is 11.0 Å². The summed E-state index contributed by atoms with van der Waals surface area (Å²) >= 11 is 0. The van der Waals surface area contributed by atoms with Crippen LogP contribution in [0.15, 0.2) is 18.2 Å². The molecule has 0 aliphatic rings. The lowest BCUT2D eigenvalue weighted by Gasteiger charge is -2.06. The van der Waals surface area contributed by atoms with Gasteiger partial charge in [-0.15, -0.1) is 5.10 Å². The topological polar surface area (TPSA) is 68.0 Å². The highest BCUT2D eigenvalue weighted by Crippen LogP contribution is 2.17. The molecule has 0 aliphatic carbocycles. The van der Waals surface area contributed by atoms with Crippen LogP contribution in [0, 0.1) is 5.92 Å². The van der Waals surface area contributed by atoms with E-state index in [1.165, 1.54) is 0 Å². The minimum absolute atomic E-state index is 0.260. The summed E-state index contributed by atoms with van der Waals surface area (Å²) in [4.78, 5) is 11.1. The first-order valence-electron chi connectivity index (χ1n) is 5.65. The third-order valence-corrected chi connectivity index (χ3v) is 2.68. The van der Waals surface area contributed by atoms with Crippen molar-refractivity contribution in [2.24, 2.45) is 5.92 Å². The van der Waals surface area contributed by atoms with Crippen LogP contribution >= 0.6 is 0 Å². The predicted octanol–water partition coefficient (Wildman–Crippen LogP) is 2.18. The molecule has 90 valence electrons. The van der Waals surface area contributed by atoms with Crippen molar-refractivity contribution in [1.29, 1.82) is 0 Å². The van der Waals surface area contributed by atoms with Crippen LogP contribution < -0.4 is 0 Å². The fourth-order valence-corrected chi connectivity index (χ4v) is 1.74. The van der Waals surface area contributed by atoms with Crippen molar-refractivity contribution in [2.75, 3.05) is 0 Å². The van der Waals surface area contributed by atoms with Crippen LogP contribution in [0.1, 0.15) is 30.6 Å². The number of hydrogen-bond acceptors (Lipinski definition) is 3. The van der Waals surface area contributed by atoms with Gasteiger partial charge in [0.25, 0.3) is 0 Å². The summed E-state index contributed by atoms with van der Waals surface area (Å²) in [7, 11) is 0. The summed E-state index contributed by atoms with van der Waals surface area (Å²) in [6.45, 7) is 4.94. The molecular formula is C12H15N3O2. The molecule has 0 amide bonds. The first-order chi connectivity index (χ1) is 8.09. The number of aryl methyl sites for hydroxylation is 1. The Labute approximate surface area is 99.1 Å². The average Bonchev–Trinajstić information content (AvgIpc) is 2.69. The maximum atomic E-state index is 11.1. The zero-order valence-electron chi connectivity index (χ0n) is 9.92. The van der Waals surface area contributed by atoms with Crippen molar-refractivity contribution in [1.82, 2.24) is 15.0 Å². The van der Waals surface area contributed by atoms with Crippen LogP contribution in [-0.4, -0.2) is 26.1 Å². The summed E-state index contributed by atoms with van der Waals surface area (Å²) in [6, 6.07) is 5.05. The van der Waals surface area contributed by atoms with Gasteiger partial charge < -0.3 is 5.11 Å². The number of fused-ring (bicyclic) bond motifs is 1. The molecule has 0 saturated heterocycles. The van der Waals surface area contributed by atoms with E-state index in [1.54, 1.807) is 22.9 Å². The summed E-state index contributed by atoms with van der Waals surface area (Å²) < 4.78 is 1.68. The Morgan fingerprint density at radius 3 is 2.88 bits per heavy atom. The molecule has 2 aromatic rings. The molecule has 0 atom stereocenters. The van der Waals surface area contributed by atoms with Gasteiger partial charge in [0.05, 0.1) is 5.56 Å². The first kappa shape index (κ1) is 11.6. The lowest BCUT2D eigenvalue weighted by molar-refractivity contribution is 0.0698. The van der Waals surface area contributed by atoms with Gasteiger partial charge in [-0.05, 0) is 24.5 Å². The second-order valence-electron chi connectivity index (χ2n) is 4.47. The minimum atomic E-state index is -0.941. The van der Waals surface area contributed by atoms with Gasteiger partial charge in [0.2, 0.25) is 0 Å². The number of carboxylic acid groups (broad SMARTS) is 1. The molecule has 0 bridgehead atoms. The van der Waals surface area contributed by atoms with E-state index in [2.05, 4.69) is 24.2 Å². The van der Waals surface area contributed by atoms with Crippen LogP contribution in [0.2, 0.25) is 0 Å². The molecule has 5 heteroatoms. The number of aromatic nitrogens is 3. The fourth-order valence-electron chi connectivity index (χ4n) is 1.74. The summed E-state index contributed by atoms with van der Waals surface area (Å²) in [5, 5.41) is 17.1. The number of hydrogen-bond donors (Lipinski definition) is 1. The van der Waals surface area contributed by atoms with Crippen LogP contribution in [0.5, 0.6) is 0 Å². The molecule has 1 aromatic carbocycles. The number of aromatic carboxylic acids is 1. The van der Waals surface area contributed by atoms with E-state index >= 15 is 0 Å². The number of benzene rings is 1. The highest BCUT2D eigenvalue weighted by molar-refractivity contribution is 6.00. The summed E-state index contributed by atoms with van der Waals surface area (Å²) in [5.41, 5.74) is 1.51. The fraction of sp³-hybridized carbons (Fsp3) is 0.417. The molecule has 17 heavy (non-hydrogen) atoms. The molecule has 0 saturated carbocycles. The van der Waals surface area contributed by atoms with Gasteiger partial charge in [0, 0.05) is 6.54 Å². The summed E-state index contributed by atoms with van der Waals surface area (Å²) in [6.07, 6.45) is 0.951. The number of carbonyl (C=O) groups is 1. The van der Waals surface area contributed by atoms with Gasteiger partial charge >= 0.3 is 5.97 Å². The van der Waals surface area contributed by atoms with Gasteiger partial charge in [-0.3, -0.25) is 0 Å². The van der Waals surface area contributed by atoms with Crippen molar-refractivity contribution in [2.45, 2.75) is 26.8 Å². The molecule has 0 aliphatic heterocycles. The van der Waals surface area contributed by atoms with Gasteiger partial charge in [-0.2, -0.15) is 0 Å². The lowest BCUT2D eigenvalue weighted by Crippen LogP contribution is -2.07. The van der Waals surface area contributed by atoms with Crippen LogP contribution in [-0.2, 0) is 6.54 Å². The minimum Gasteiger partial charge on any atom is -0.478 e. The zero-order valence-corrected chi connectivity index (χ0v) is 9.92. The molecule has 0 unspecified atom stereocenters. The molecule has 0 fully saturated rings. The van der Waals surface area contributed by atoms with Crippen molar-refractivity contribution in [3.05, 3.63) is 23.8 Å². The van der Waals surface area contributed by atoms with Gasteiger partial charge in [-0.1, -0.05) is 25.1 Å². The molecule has 0 spiro atoms. The quantitative estimate of drug-likeness (QED) is 0.878. The van der Waals surface area contributed by atoms with Crippen molar-refractivity contribution >= 4 is 17.0 Å². The summed E-state index contributed by atoms with van der Waals surface area (Å²) in [5.74, 6) is -0.394. The van der Waals surface area contributed by atoms with Crippen LogP contribution in [0.25, 0.3) is 11.0 Å². The standard InChI is InChI=1S/C12H15N3O2/c1-8(2)6-7-15-11-9(12(16)17)4-3-5-10(11)13-14-15/h3-5,8H,6-7H2,1-2H3,(H,16,17). The van der Waals surface area contributed by atoms with Crippen molar-refractivity contribution in [3.8, 4) is 0 Å². The maximum absolute atomic E-state index is 11.1. The Bertz CT molecular complexity index is 546. The average molecular weight is 233 g/mol. The van der Waals surface area contributed by atoms with Crippen LogP contribution in [0.4, 0.5) is 0 Å². The molecule has 0 radical (unpaired) electrons. The highest BCUT2D eigenvalue weighted by Gasteiger charge is 2.14. The Hall–Kier alpha value is -1.91. The normalized spacial score (nSPS) is 11.2. The number of nitrogens with zero attached hydrogens (tertiary/aromatic N) is 3. The van der Waals surface area contributed by atoms with E-state index in [0.29, 0.717) is 23.5 Å². The largest absolute Gasteiger partial charge is 0.478 e. The SMILES string of the molecule is CC(C)CCn1nnc2cccc(C(=O)O)c21. The molecule has 5 nitrogen and oxygen atoms in total. The maximum Gasteiger partial charge on any atom is 0.337 e. The van der Waals surface area contributed by atoms with E-state index in [9.17, 15) is 4.79 Å². The smallest absolute Gasteiger partial charge is 0.337 e. The second kappa shape index (κ2) is 4.53. The third-order valence-electron chi connectivity index (χ3n) is 2.68. The number of rotatable bonds is 4. The Morgan fingerprint density at radius 1 is 1.47 bits per heavy atom. The second-order valence-corrected chi connectivity index (χ2v) is 4.47. The van der Waals surface area contributed by atoms with E-state index < -0.39 is 5.97 Å². The zero-order chi connectivity index (χ0) is 12.4. The van der Waals surface area contributed by atoms with E-state index in [1.807, 2.05) is 0 Å². The van der Waals surface area contributed by atoms with E-state index in [4.69, 9.17) is 5.11 Å². The number of para-hydroxylation sites is 1. The third kappa shape index (κ3) is 2.27. The molecule has 1 heterocycles. The first-order valence-corrected chi connectivity index (χ1v) is 5.65. The van der Waals surface area contributed by atoms with Crippen molar-refractivity contribution in [3.63, 3.8) is 0 Å². The Balaban J connectivity index is 2.46. The van der Waals surface area contributed by atoms with Crippen molar-refractivity contribution < 1.29 is 9.90 Å². The van der Waals surface area contributed by atoms with Gasteiger partial charge in [0.15, 0.2) is 0 Å². The molecular weight excluding hydrogens is 218 g/mol. The molecule has 2 rings (SSSR count). The highest BCUT2D eigenvalue weighted by atomic mass is 16.4. The van der Waals surface area contributed by atoms with E-state index in [-0.39, 0.29) is 5.56 Å². The van der Waals surface area contributed by atoms with Gasteiger partial charge in [-0.25, -0.2) is 9.48 Å². The molecule has 1 N–H and O–H groups in total. The Morgan fingerprint density at radius 2 is 2.24 bits per heavy atom. The van der Waals surface area contributed by atoms with Crippen LogP contribution in [0.3, 0.4) is 0 Å².